The summed E-state index contributed by atoms with van der Waals surface area (Å²) < 4.78 is 12.8. The Labute approximate surface area is 106 Å². The van der Waals surface area contributed by atoms with Crippen molar-refractivity contribution in [1.29, 1.82) is 0 Å². The molecule has 0 saturated heterocycles. The molecule has 0 bridgehead atoms. The van der Waals surface area contributed by atoms with E-state index in [9.17, 15) is 14.3 Å². The standard InChI is InChI=1S/C14H18FNO2/c15-11-8-6-10(7-9-11)14(18)16-12-4-2-1-3-5-13(12)17/h6-9,12-13,17H,1-5H2,(H,16,18). The monoisotopic (exact) mass is 251 g/mol. The molecule has 0 heterocycles. The summed E-state index contributed by atoms with van der Waals surface area (Å²) in [5.74, 6) is -0.609. The van der Waals surface area contributed by atoms with Crippen molar-refractivity contribution >= 4 is 5.91 Å². The second-order valence-corrected chi connectivity index (χ2v) is 4.79. The number of nitrogens with one attached hydrogen (secondary N) is 1. The molecule has 0 aliphatic heterocycles. The highest BCUT2D eigenvalue weighted by molar-refractivity contribution is 5.94. The van der Waals surface area contributed by atoms with Crippen LogP contribution in [0.5, 0.6) is 0 Å². The number of hydrogen-bond donors (Lipinski definition) is 2. The molecule has 0 spiro atoms. The van der Waals surface area contributed by atoms with Crippen LogP contribution in [-0.2, 0) is 0 Å². The lowest BCUT2D eigenvalue weighted by atomic mass is 10.1. The minimum absolute atomic E-state index is 0.190. The van der Waals surface area contributed by atoms with E-state index in [0.717, 1.165) is 32.1 Å². The highest BCUT2D eigenvalue weighted by atomic mass is 19.1. The summed E-state index contributed by atoms with van der Waals surface area (Å²) in [6.07, 6.45) is 4.18. The Morgan fingerprint density at radius 3 is 2.56 bits per heavy atom. The molecule has 2 rings (SSSR count). The summed E-state index contributed by atoms with van der Waals surface area (Å²) in [7, 11) is 0. The zero-order valence-corrected chi connectivity index (χ0v) is 10.2. The zero-order valence-electron chi connectivity index (χ0n) is 10.2. The number of hydrogen-bond acceptors (Lipinski definition) is 2. The smallest absolute Gasteiger partial charge is 0.251 e. The van der Waals surface area contributed by atoms with Crippen LogP contribution in [0.2, 0.25) is 0 Å². The molecule has 4 heteroatoms. The van der Waals surface area contributed by atoms with Gasteiger partial charge in [-0.1, -0.05) is 19.3 Å². The van der Waals surface area contributed by atoms with E-state index in [2.05, 4.69) is 5.32 Å². The van der Waals surface area contributed by atoms with E-state index in [-0.39, 0.29) is 17.8 Å². The fraction of sp³-hybridized carbons (Fsp3) is 0.500. The summed E-state index contributed by atoms with van der Waals surface area (Å²) in [6, 6.07) is 5.24. The lowest BCUT2D eigenvalue weighted by Gasteiger charge is -2.21. The topological polar surface area (TPSA) is 49.3 Å². The lowest BCUT2D eigenvalue weighted by Crippen LogP contribution is -2.42. The van der Waals surface area contributed by atoms with Crippen LogP contribution >= 0.6 is 0 Å². The molecule has 3 nitrogen and oxygen atoms in total. The first kappa shape index (κ1) is 13.0. The minimum atomic E-state index is -0.475. The van der Waals surface area contributed by atoms with Gasteiger partial charge in [0.15, 0.2) is 0 Å². The third kappa shape index (κ3) is 3.29. The third-order valence-electron chi connectivity index (χ3n) is 3.40. The average Bonchev–Trinajstić information content (AvgIpc) is 2.56. The normalized spacial score (nSPS) is 24.3. The first-order valence-corrected chi connectivity index (χ1v) is 6.41. The number of carbonyl (C=O) groups is 1. The molecule has 1 saturated carbocycles. The molecule has 1 aliphatic rings. The summed E-state index contributed by atoms with van der Waals surface area (Å²) >= 11 is 0. The lowest BCUT2D eigenvalue weighted by molar-refractivity contribution is 0.0818. The van der Waals surface area contributed by atoms with Crippen LogP contribution in [0.3, 0.4) is 0 Å². The van der Waals surface area contributed by atoms with Crippen molar-refractivity contribution in [3.8, 4) is 0 Å². The molecule has 1 fully saturated rings. The number of carbonyl (C=O) groups excluding carboxylic acids is 1. The first-order chi connectivity index (χ1) is 8.66. The molecule has 1 aromatic rings. The van der Waals surface area contributed by atoms with Gasteiger partial charge in [0, 0.05) is 5.56 Å². The highest BCUT2D eigenvalue weighted by Crippen LogP contribution is 2.18. The van der Waals surface area contributed by atoms with Crippen LogP contribution < -0.4 is 5.32 Å². The van der Waals surface area contributed by atoms with Gasteiger partial charge in [0.2, 0.25) is 0 Å². The van der Waals surface area contributed by atoms with Gasteiger partial charge < -0.3 is 10.4 Å². The quantitative estimate of drug-likeness (QED) is 0.792. The molecular weight excluding hydrogens is 233 g/mol. The van der Waals surface area contributed by atoms with Crippen molar-refractivity contribution in [3.63, 3.8) is 0 Å². The van der Waals surface area contributed by atoms with E-state index in [1.165, 1.54) is 24.3 Å². The second-order valence-electron chi connectivity index (χ2n) is 4.79. The second kappa shape index (κ2) is 5.96. The molecule has 1 aliphatic carbocycles. The van der Waals surface area contributed by atoms with E-state index >= 15 is 0 Å². The average molecular weight is 251 g/mol. The van der Waals surface area contributed by atoms with E-state index in [1.807, 2.05) is 0 Å². The maximum absolute atomic E-state index is 12.8. The van der Waals surface area contributed by atoms with Crippen molar-refractivity contribution in [2.75, 3.05) is 0 Å². The molecular formula is C14H18FNO2. The highest BCUT2D eigenvalue weighted by Gasteiger charge is 2.23. The fourth-order valence-corrected chi connectivity index (χ4v) is 2.31. The van der Waals surface area contributed by atoms with Crippen LogP contribution in [0, 0.1) is 5.82 Å². The molecule has 0 aromatic heterocycles. The zero-order chi connectivity index (χ0) is 13.0. The predicted molar refractivity (Wildman–Crippen MR) is 66.7 cm³/mol. The number of rotatable bonds is 2. The molecule has 2 unspecified atom stereocenters. The summed E-state index contributed by atoms with van der Waals surface area (Å²) in [4.78, 5) is 11.9. The van der Waals surface area contributed by atoms with Crippen LogP contribution in [0.4, 0.5) is 4.39 Å². The van der Waals surface area contributed by atoms with Crippen molar-refractivity contribution in [3.05, 3.63) is 35.6 Å². The van der Waals surface area contributed by atoms with Crippen molar-refractivity contribution < 1.29 is 14.3 Å². The van der Waals surface area contributed by atoms with Crippen molar-refractivity contribution in [2.45, 2.75) is 44.2 Å². The van der Waals surface area contributed by atoms with Crippen LogP contribution in [-0.4, -0.2) is 23.2 Å². The van der Waals surface area contributed by atoms with Crippen LogP contribution in [0.1, 0.15) is 42.5 Å². The van der Waals surface area contributed by atoms with Gasteiger partial charge in [-0.15, -0.1) is 0 Å². The molecule has 1 amide bonds. The molecule has 18 heavy (non-hydrogen) atoms. The third-order valence-corrected chi connectivity index (χ3v) is 3.40. The Morgan fingerprint density at radius 1 is 1.17 bits per heavy atom. The van der Waals surface area contributed by atoms with Crippen LogP contribution in [0.25, 0.3) is 0 Å². The van der Waals surface area contributed by atoms with Gasteiger partial charge in [-0.05, 0) is 37.1 Å². The summed E-state index contributed by atoms with van der Waals surface area (Å²) in [5, 5.41) is 12.7. The van der Waals surface area contributed by atoms with Crippen LogP contribution in [0.15, 0.2) is 24.3 Å². The SMILES string of the molecule is O=C(NC1CCCCCC1O)c1ccc(F)cc1. The predicted octanol–water partition coefficient (Wildman–Crippen LogP) is 2.25. The number of aliphatic hydroxyl groups is 1. The fourth-order valence-electron chi connectivity index (χ4n) is 2.31. The Bertz CT molecular complexity index is 405. The number of aliphatic hydroxyl groups excluding tert-OH is 1. The number of halogens is 1. The Kier molecular flexibility index (Phi) is 4.31. The van der Waals surface area contributed by atoms with Crippen molar-refractivity contribution in [1.82, 2.24) is 5.32 Å². The van der Waals surface area contributed by atoms with E-state index in [1.54, 1.807) is 0 Å². The van der Waals surface area contributed by atoms with Gasteiger partial charge in [0.05, 0.1) is 12.1 Å². The molecule has 1 aromatic carbocycles. The van der Waals surface area contributed by atoms with Gasteiger partial charge in [0.25, 0.3) is 5.91 Å². The van der Waals surface area contributed by atoms with E-state index < -0.39 is 6.10 Å². The van der Waals surface area contributed by atoms with Gasteiger partial charge in [0.1, 0.15) is 5.82 Å². The molecule has 2 N–H and O–H groups in total. The Hall–Kier alpha value is -1.42. The largest absolute Gasteiger partial charge is 0.391 e. The maximum Gasteiger partial charge on any atom is 0.251 e. The number of amides is 1. The van der Waals surface area contributed by atoms with Gasteiger partial charge in [-0.2, -0.15) is 0 Å². The Morgan fingerprint density at radius 2 is 1.83 bits per heavy atom. The van der Waals surface area contributed by atoms with Crippen molar-refractivity contribution in [2.24, 2.45) is 0 Å². The summed E-state index contributed by atoms with van der Waals surface area (Å²) in [5.41, 5.74) is 0.424. The maximum atomic E-state index is 12.8. The Balaban J connectivity index is 1.99. The number of benzene rings is 1. The summed E-state index contributed by atoms with van der Waals surface area (Å²) in [6.45, 7) is 0. The van der Waals surface area contributed by atoms with E-state index in [0.29, 0.717) is 5.56 Å². The van der Waals surface area contributed by atoms with E-state index in [4.69, 9.17) is 0 Å². The first-order valence-electron chi connectivity index (χ1n) is 6.41. The molecule has 2 atom stereocenters. The minimum Gasteiger partial charge on any atom is -0.391 e. The van der Waals surface area contributed by atoms with Gasteiger partial charge in [-0.3, -0.25) is 4.79 Å². The van der Waals surface area contributed by atoms with Gasteiger partial charge >= 0.3 is 0 Å². The van der Waals surface area contributed by atoms with Gasteiger partial charge in [-0.25, -0.2) is 4.39 Å². The molecule has 0 radical (unpaired) electrons. The molecule has 98 valence electrons.